The third-order valence-electron chi connectivity index (χ3n) is 4.08. The summed E-state index contributed by atoms with van der Waals surface area (Å²) >= 11 is 0. The molecule has 0 aliphatic carbocycles. The van der Waals surface area contributed by atoms with E-state index in [0.717, 1.165) is 18.7 Å². The molecule has 0 bridgehead atoms. The molecule has 1 amide bonds. The Kier molecular flexibility index (Phi) is 5.20. The Bertz CT molecular complexity index is 663. The van der Waals surface area contributed by atoms with Gasteiger partial charge in [-0.15, -0.1) is 0 Å². The second kappa shape index (κ2) is 7.53. The number of hydrogen-bond acceptors (Lipinski definition) is 6. The lowest BCUT2D eigenvalue weighted by Crippen LogP contribution is -2.44. The van der Waals surface area contributed by atoms with Gasteiger partial charge in [0.2, 0.25) is 11.7 Å². The van der Waals surface area contributed by atoms with Crippen LogP contribution >= 0.6 is 0 Å². The topological polar surface area (TPSA) is 81.4 Å². The van der Waals surface area contributed by atoms with Crippen LogP contribution in [0, 0.1) is 11.8 Å². The molecule has 1 aliphatic rings. The van der Waals surface area contributed by atoms with E-state index in [4.69, 9.17) is 9.26 Å². The van der Waals surface area contributed by atoms with Crippen LogP contribution in [0.2, 0.25) is 0 Å². The van der Waals surface area contributed by atoms with E-state index in [9.17, 15) is 4.79 Å². The Hall–Kier alpha value is -2.28. The number of rotatable bonds is 5. The van der Waals surface area contributed by atoms with Gasteiger partial charge < -0.3 is 14.2 Å². The SMILES string of the molecule is C[C@@H]1C[C@H](C)CN(C(=O)COCc2nc(-c3ccncc3)no2)C1. The van der Waals surface area contributed by atoms with Crippen LogP contribution in [0.3, 0.4) is 0 Å². The van der Waals surface area contributed by atoms with Gasteiger partial charge in [0.15, 0.2) is 0 Å². The summed E-state index contributed by atoms with van der Waals surface area (Å²) in [7, 11) is 0. The molecular formula is C17H22N4O3. The highest BCUT2D eigenvalue weighted by Gasteiger charge is 2.25. The van der Waals surface area contributed by atoms with Crippen molar-refractivity contribution in [3.8, 4) is 11.4 Å². The smallest absolute Gasteiger partial charge is 0.252 e. The Morgan fingerprint density at radius 2 is 2.00 bits per heavy atom. The number of hydrogen-bond donors (Lipinski definition) is 0. The highest BCUT2D eigenvalue weighted by atomic mass is 16.5. The van der Waals surface area contributed by atoms with Gasteiger partial charge in [0.05, 0.1) is 0 Å². The van der Waals surface area contributed by atoms with Crippen molar-refractivity contribution in [1.82, 2.24) is 20.0 Å². The molecule has 1 fully saturated rings. The summed E-state index contributed by atoms with van der Waals surface area (Å²) in [6, 6.07) is 3.61. The molecule has 24 heavy (non-hydrogen) atoms. The van der Waals surface area contributed by atoms with Crippen molar-refractivity contribution in [2.24, 2.45) is 11.8 Å². The molecule has 2 atom stereocenters. The van der Waals surface area contributed by atoms with Crippen molar-refractivity contribution < 1.29 is 14.1 Å². The fourth-order valence-electron chi connectivity index (χ4n) is 3.12. The number of likely N-dealkylation sites (tertiary alicyclic amines) is 1. The largest absolute Gasteiger partial charge is 0.362 e. The molecule has 0 radical (unpaired) electrons. The molecule has 0 N–H and O–H groups in total. The normalized spacial score (nSPS) is 21.0. The van der Waals surface area contributed by atoms with Gasteiger partial charge in [-0.25, -0.2) is 0 Å². The van der Waals surface area contributed by atoms with Gasteiger partial charge in [0, 0.05) is 31.0 Å². The molecule has 0 spiro atoms. The van der Waals surface area contributed by atoms with Crippen LogP contribution in [0.25, 0.3) is 11.4 Å². The van der Waals surface area contributed by atoms with E-state index in [0.29, 0.717) is 23.6 Å². The number of carbonyl (C=O) groups is 1. The maximum Gasteiger partial charge on any atom is 0.252 e. The van der Waals surface area contributed by atoms with Crippen LogP contribution in [-0.2, 0) is 16.1 Å². The lowest BCUT2D eigenvalue weighted by Gasteiger charge is -2.34. The number of aromatic nitrogens is 3. The Labute approximate surface area is 141 Å². The first kappa shape index (κ1) is 16.6. The zero-order chi connectivity index (χ0) is 16.9. The van der Waals surface area contributed by atoms with Crippen LogP contribution in [0.5, 0.6) is 0 Å². The van der Waals surface area contributed by atoms with Crippen LogP contribution in [0.1, 0.15) is 26.2 Å². The highest BCUT2D eigenvalue weighted by molar-refractivity contribution is 5.77. The zero-order valence-corrected chi connectivity index (χ0v) is 14.0. The molecule has 7 nitrogen and oxygen atoms in total. The third kappa shape index (κ3) is 4.17. The van der Waals surface area contributed by atoms with Gasteiger partial charge in [-0.2, -0.15) is 4.98 Å². The Morgan fingerprint density at radius 1 is 1.29 bits per heavy atom. The number of ether oxygens (including phenoxy) is 1. The van der Waals surface area contributed by atoms with Crippen LogP contribution in [0.15, 0.2) is 29.0 Å². The molecule has 0 unspecified atom stereocenters. The molecule has 2 aromatic rings. The number of piperidine rings is 1. The summed E-state index contributed by atoms with van der Waals surface area (Å²) in [5, 5.41) is 3.90. The fourth-order valence-corrected chi connectivity index (χ4v) is 3.12. The molecule has 3 heterocycles. The molecule has 128 valence electrons. The second-order valence-corrected chi connectivity index (χ2v) is 6.49. The Morgan fingerprint density at radius 3 is 2.71 bits per heavy atom. The van der Waals surface area contributed by atoms with Crippen molar-refractivity contribution >= 4 is 5.91 Å². The van der Waals surface area contributed by atoms with Crippen LogP contribution in [-0.4, -0.2) is 45.6 Å². The minimum absolute atomic E-state index is 0.0160. The maximum absolute atomic E-state index is 12.2. The molecular weight excluding hydrogens is 308 g/mol. The van der Waals surface area contributed by atoms with Crippen molar-refractivity contribution in [2.45, 2.75) is 26.9 Å². The minimum Gasteiger partial charge on any atom is -0.362 e. The molecule has 1 aliphatic heterocycles. The number of nitrogens with zero attached hydrogens (tertiary/aromatic N) is 4. The van der Waals surface area contributed by atoms with Crippen LogP contribution < -0.4 is 0 Å². The number of carbonyl (C=O) groups excluding carboxylic acids is 1. The van der Waals surface area contributed by atoms with Gasteiger partial charge in [0.25, 0.3) is 5.89 Å². The monoisotopic (exact) mass is 330 g/mol. The summed E-state index contributed by atoms with van der Waals surface area (Å²) in [4.78, 5) is 22.3. The zero-order valence-electron chi connectivity index (χ0n) is 14.0. The second-order valence-electron chi connectivity index (χ2n) is 6.49. The fraction of sp³-hybridized carbons (Fsp3) is 0.529. The van der Waals surface area contributed by atoms with E-state index in [2.05, 4.69) is 29.0 Å². The van der Waals surface area contributed by atoms with E-state index in [1.807, 2.05) is 4.90 Å². The average molecular weight is 330 g/mol. The van der Waals surface area contributed by atoms with Crippen LogP contribution in [0.4, 0.5) is 0 Å². The van der Waals surface area contributed by atoms with Gasteiger partial charge in [-0.1, -0.05) is 19.0 Å². The molecule has 0 saturated carbocycles. The van der Waals surface area contributed by atoms with Crippen molar-refractivity contribution in [3.05, 3.63) is 30.4 Å². The molecule has 2 aromatic heterocycles. The highest BCUT2D eigenvalue weighted by Crippen LogP contribution is 2.21. The third-order valence-corrected chi connectivity index (χ3v) is 4.08. The van der Waals surface area contributed by atoms with Gasteiger partial charge in [-0.3, -0.25) is 9.78 Å². The van der Waals surface area contributed by atoms with E-state index < -0.39 is 0 Å². The predicted molar refractivity (Wildman–Crippen MR) is 86.7 cm³/mol. The average Bonchev–Trinajstić information content (AvgIpc) is 3.03. The lowest BCUT2D eigenvalue weighted by atomic mass is 9.92. The summed E-state index contributed by atoms with van der Waals surface area (Å²) in [5.74, 6) is 1.94. The van der Waals surface area contributed by atoms with E-state index in [1.165, 1.54) is 6.42 Å². The molecule has 1 saturated heterocycles. The summed E-state index contributed by atoms with van der Waals surface area (Å²) in [5.41, 5.74) is 0.826. The standard InChI is InChI=1S/C17H22N4O3/c1-12-7-13(2)9-21(8-12)16(22)11-23-10-15-19-17(20-24-15)14-3-5-18-6-4-14/h3-6,12-13H,7-11H2,1-2H3/t12-,13+. The lowest BCUT2D eigenvalue weighted by molar-refractivity contribution is -0.139. The maximum atomic E-state index is 12.2. The first-order chi connectivity index (χ1) is 11.6. The van der Waals surface area contributed by atoms with Crippen molar-refractivity contribution in [1.29, 1.82) is 0 Å². The summed E-state index contributed by atoms with van der Waals surface area (Å²) in [6.07, 6.45) is 4.51. The van der Waals surface area contributed by atoms with Gasteiger partial charge >= 0.3 is 0 Å². The van der Waals surface area contributed by atoms with Crippen molar-refractivity contribution in [3.63, 3.8) is 0 Å². The van der Waals surface area contributed by atoms with E-state index in [1.54, 1.807) is 24.5 Å². The molecule has 0 aromatic carbocycles. The first-order valence-electron chi connectivity index (χ1n) is 8.20. The first-order valence-corrected chi connectivity index (χ1v) is 8.20. The molecule has 3 rings (SSSR count). The number of amides is 1. The Balaban J connectivity index is 1.48. The van der Waals surface area contributed by atoms with E-state index >= 15 is 0 Å². The summed E-state index contributed by atoms with van der Waals surface area (Å²) in [6.45, 7) is 6.12. The number of pyridine rings is 1. The summed E-state index contributed by atoms with van der Waals surface area (Å²) < 4.78 is 10.6. The molecule has 7 heteroatoms. The van der Waals surface area contributed by atoms with Gasteiger partial charge in [-0.05, 0) is 30.4 Å². The van der Waals surface area contributed by atoms with Gasteiger partial charge in [0.1, 0.15) is 13.2 Å². The predicted octanol–water partition coefficient (Wildman–Crippen LogP) is 2.15. The van der Waals surface area contributed by atoms with Crippen molar-refractivity contribution in [2.75, 3.05) is 19.7 Å². The quantitative estimate of drug-likeness (QED) is 0.835. The van der Waals surface area contributed by atoms with E-state index in [-0.39, 0.29) is 19.1 Å². The minimum atomic E-state index is 0.0160.